The smallest absolute Gasteiger partial charge is 0.219 e. The lowest BCUT2D eigenvalue weighted by Crippen LogP contribution is -2.24. The third-order valence-electron chi connectivity index (χ3n) is 3.14. The standard InChI is InChI=1S/C15H30BrNO/c1-2-3-4-5-6-7-8-9-10-12-15(18)17-14-11-13-16/h2-14H2,1H3,(H,17,18). The summed E-state index contributed by atoms with van der Waals surface area (Å²) >= 11 is 3.35. The van der Waals surface area contributed by atoms with Crippen molar-refractivity contribution < 1.29 is 4.79 Å². The van der Waals surface area contributed by atoms with Crippen molar-refractivity contribution >= 4 is 21.8 Å². The number of hydrogen-bond donors (Lipinski definition) is 1. The predicted octanol–water partition coefficient (Wildman–Crippen LogP) is 4.81. The van der Waals surface area contributed by atoms with Gasteiger partial charge in [-0.05, 0) is 12.8 Å². The van der Waals surface area contributed by atoms with Crippen molar-refractivity contribution in [3.63, 3.8) is 0 Å². The Balaban J connectivity index is 3.08. The zero-order valence-electron chi connectivity index (χ0n) is 12.0. The van der Waals surface area contributed by atoms with Gasteiger partial charge in [-0.25, -0.2) is 0 Å². The van der Waals surface area contributed by atoms with Gasteiger partial charge in [-0.2, -0.15) is 0 Å². The molecule has 0 rings (SSSR count). The lowest BCUT2D eigenvalue weighted by molar-refractivity contribution is -0.121. The monoisotopic (exact) mass is 319 g/mol. The number of carbonyl (C=O) groups excluding carboxylic acids is 1. The summed E-state index contributed by atoms with van der Waals surface area (Å²) in [5, 5.41) is 3.90. The second-order valence-electron chi connectivity index (χ2n) is 4.97. The van der Waals surface area contributed by atoms with E-state index in [1.54, 1.807) is 0 Å². The SMILES string of the molecule is CCCCCCCCCCCC(=O)NCCCBr. The molecule has 0 aromatic carbocycles. The Kier molecular flexibility index (Phi) is 15.0. The molecule has 0 fully saturated rings. The number of nitrogens with one attached hydrogen (secondary N) is 1. The van der Waals surface area contributed by atoms with Gasteiger partial charge in [0.15, 0.2) is 0 Å². The third-order valence-corrected chi connectivity index (χ3v) is 3.70. The quantitative estimate of drug-likeness (QED) is 0.383. The number of halogens is 1. The Morgan fingerprint density at radius 1 is 0.889 bits per heavy atom. The minimum atomic E-state index is 0.221. The van der Waals surface area contributed by atoms with Crippen LogP contribution >= 0.6 is 15.9 Å². The Morgan fingerprint density at radius 2 is 1.44 bits per heavy atom. The van der Waals surface area contributed by atoms with E-state index in [2.05, 4.69) is 28.2 Å². The zero-order chi connectivity index (χ0) is 13.5. The maximum atomic E-state index is 11.4. The number of unbranched alkanes of at least 4 members (excludes halogenated alkanes) is 8. The molecule has 0 aromatic heterocycles. The first kappa shape index (κ1) is 17.9. The first-order valence-corrected chi connectivity index (χ1v) is 8.76. The van der Waals surface area contributed by atoms with E-state index in [0.29, 0.717) is 6.42 Å². The van der Waals surface area contributed by atoms with Gasteiger partial charge in [0.2, 0.25) is 5.91 Å². The molecule has 3 heteroatoms. The first-order valence-electron chi connectivity index (χ1n) is 7.64. The number of rotatable bonds is 13. The first-order chi connectivity index (χ1) is 8.81. The fraction of sp³-hybridized carbons (Fsp3) is 0.933. The molecule has 18 heavy (non-hydrogen) atoms. The molecule has 0 atom stereocenters. The van der Waals surface area contributed by atoms with Gasteiger partial charge in [0, 0.05) is 18.3 Å². The lowest BCUT2D eigenvalue weighted by Gasteiger charge is -2.04. The summed E-state index contributed by atoms with van der Waals surface area (Å²) in [4.78, 5) is 11.4. The summed E-state index contributed by atoms with van der Waals surface area (Å²) in [7, 11) is 0. The third kappa shape index (κ3) is 14.0. The summed E-state index contributed by atoms with van der Waals surface area (Å²) < 4.78 is 0. The van der Waals surface area contributed by atoms with E-state index in [4.69, 9.17) is 0 Å². The molecule has 0 aromatic rings. The van der Waals surface area contributed by atoms with Gasteiger partial charge < -0.3 is 5.32 Å². The van der Waals surface area contributed by atoms with E-state index in [0.717, 1.165) is 24.7 Å². The Labute approximate surface area is 121 Å². The average Bonchev–Trinajstić information content (AvgIpc) is 2.37. The highest BCUT2D eigenvalue weighted by Gasteiger charge is 1.99. The van der Waals surface area contributed by atoms with Crippen molar-refractivity contribution in [2.24, 2.45) is 0 Å². The molecule has 0 radical (unpaired) electrons. The molecule has 0 spiro atoms. The van der Waals surface area contributed by atoms with Crippen LogP contribution in [0.4, 0.5) is 0 Å². The van der Waals surface area contributed by atoms with Crippen LogP contribution in [0.1, 0.15) is 77.6 Å². The van der Waals surface area contributed by atoms with Crippen LogP contribution in [0.3, 0.4) is 0 Å². The van der Waals surface area contributed by atoms with Gasteiger partial charge in [0.25, 0.3) is 0 Å². The molecule has 0 aliphatic heterocycles. The van der Waals surface area contributed by atoms with Crippen molar-refractivity contribution in [2.45, 2.75) is 77.6 Å². The summed E-state index contributed by atoms with van der Waals surface area (Å²) in [6.45, 7) is 3.06. The molecule has 0 aliphatic rings. The van der Waals surface area contributed by atoms with Gasteiger partial charge >= 0.3 is 0 Å². The lowest BCUT2D eigenvalue weighted by atomic mass is 10.1. The topological polar surface area (TPSA) is 29.1 Å². The van der Waals surface area contributed by atoms with Crippen molar-refractivity contribution in [2.75, 3.05) is 11.9 Å². The molecule has 0 aliphatic carbocycles. The van der Waals surface area contributed by atoms with Crippen molar-refractivity contribution in [1.29, 1.82) is 0 Å². The van der Waals surface area contributed by atoms with E-state index in [1.807, 2.05) is 0 Å². The Morgan fingerprint density at radius 3 is 2.00 bits per heavy atom. The van der Waals surface area contributed by atoms with E-state index in [-0.39, 0.29) is 5.91 Å². The van der Waals surface area contributed by atoms with E-state index < -0.39 is 0 Å². The van der Waals surface area contributed by atoms with E-state index in [1.165, 1.54) is 51.4 Å². The van der Waals surface area contributed by atoms with Crippen LogP contribution in [-0.2, 0) is 4.79 Å². The summed E-state index contributed by atoms with van der Waals surface area (Å²) in [5.74, 6) is 0.221. The number of amides is 1. The second kappa shape index (κ2) is 15.0. The number of carbonyl (C=O) groups is 1. The molecule has 2 nitrogen and oxygen atoms in total. The molecule has 108 valence electrons. The molecular formula is C15H30BrNO. The van der Waals surface area contributed by atoms with Gasteiger partial charge in [-0.15, -0.1) is 0 Å². The zero-order valence-corrected chi connectivity index (χ0v) is 13.6. The number of alkyl halides is 1. The highest BCUT2D eigenvalue weighted by atomic mass is 79.9. The summed E-state index contributed by atoms with van der Waals surface area (Å²) in [6.07, 6.45) is 13.5. The minimum absolute atomic E-state index is 0.221. The molecule has 0 saturated carbocycles. The van der Waals surface area contributed by atoms with Crippen molar-refractivity contribution in [3.8, 4) is 0 Å². The fourth-order valence-corrected chi connectivity index (χ4v) is 2.26. The summed E-state index contributed by atoms with van der Waals surface area (Å²) in [5.41, 5.74) is 0. The molecule has 1 N–H and O–H groups in total. The van der Waals surface area contributed by atoms with Crippen LogP contribution in [0.2, 0.25) is 0 Å². The van der Waals surface area contributed by atoms with Crippen LogP contribution in [-0.4, -0.2) is 17.8 Å². The van der Waals surface area contributed by atoms with Crippen LogP contribution in [0.15, 0.2) is 0 Å². The van der Waals surface area contributed by atoms with Crippen molar-refractivity contribution in [3.05, 3.63) is 0 Å². The molecular weight excluding hydrogens is 290 g/mol. The average molecular weight is 320 g/mol. The maximum Gasteiger partial charge on any atom is 0.219 e. The van der Waals surface area contributed by atoms with Gasteiger partial charge in [-0.1, -0.05) is 74.2 Å². The normalized spacial score (nSPS) is 10.6. The Bertz CT molecular complexity index is 185. The maximum absolute atomic E-state index is 11.4. The Hall–Kier alpha value is -0.0500. The van der Waals surface area contributed by atoms with Crippen LogP contribution in [0.25, 0.3) is 0 Å². The van der Waals surface area contributed by atoms with Crippen LogP contribution in [0.5, 0.6) is 0 Å². The van der Waals surface area contributed by atoms with E-state index >= 15 is 0 Å². The molecule has 0 saturated heterocycles. The van der Waals surface area contributed by atoms with Gasteiger partial charge in [0.05, 0.1) is 0 Å². The number of hydrogen-bond acceptors (Lipinski definition) is 1. The molecule has 0 heterocycles. The highest BCUT2D eigenvalue weighted by Crippen LogP contribution is 2.10. The van der Waals surface area contributed by atoms with Crippen molar-refractivity contribution in [1.82, 2.24) is 5.32 Å². The minimum Gasteiger partial charge on any atom is -0.356 e. The largest absolute Gasteiger partial charge is 0.356 e. The van der Waals surface area contributed by atoms with Gasteiger partial charge in [0.1, 0.15) is 0 Å². The highest BCUT2D eigenvalue weighted by molar-refractivity contribution is 9.09. The molecule has 1 amide bonds. The van der Waals surface area contributed by atoms with E-state index in [9.17, 15) is 4.79 Å². The summed E-state index contributed by atoms with van der Waals surface area (Å²) in [6, 6.07) is 0. The second-order valence-corrected chi connectivity index (χ2v) is 5.76. The predicted molar refractivity (Wildman–Crippen MR) is 83.3 cm³/mol. The van der Waals surface area contributed by atoms with Crippen LogP contribution in [0, 0.1) is 0 Å². The molecule has 0 bridgehead atoms. The van der Waals surface area contributed by atoms with Gasteiger partial charge in [-0.3, -0.25) is 4.79 Å². The van der Waals surface area contributed by atoms with Crippen LogP contribution < -0.4 is 5.32 Å². The fourth-order valence-electron chi connectivity index (χ4n) is 1.98. The molecule has 0 unspecified atom stereocenters.